The zero-order valence-electron chi connectivity index (χ0n) is 12.1. The normalized spacial score (nSPS) is 16.6. The van der Waals surface area contributed by atoms with E-state index in [1.165, 1.54) is 27.9 Å². The SMILES string of the molecule is CN(C(=O)c1ccc(=O)n(C)n1)C1CCc2ccccc21. The van der Waals surface area contributed by atoms with Gasteiger partial charge in [0.05, 0.1) is 6.04 Å². The number of fused-ring (bicyclic) bond motifs is 1. The third-order valence-corrected chi connectivity index (χ3v) is 4.07. The average molecular weight is 283 g/mol. The van der Waals surface area contributed by atoms with E-state index in [1.807, 2.05) is 12.1 Å². The highest BCUT2D eigenvalue weighted by Gasteiger charge is 2.29. The van der Waals surface area contributed by atoms with Gasteiger partial charge >= 0.3 is 0 Å². The molecule has 5 nitrogen and oxygen atoms in total. The second kappa shape index (κ2) is 5.16. The van der Waals surface area contributed by atoms with E-state index in [2.05, 4.69) is 17.2 Å². The molecule has 1 unspecified atom stereocenters. The van der Waals surface area contributed by atoms with Crippen molar-refractivity contribution in [2.45, 2.75) is 18.9 Å². The molecule has 0 radical (unpaired) electrons. The Hall–Kier alpha value is -2.43. The number of rotatable bonds is 2. The molecule has 1 amide bonds. The van der Waals surface area contributed by atoms with Crippen molar-refractivity contribution in [1.29, 1.82) is 0 Å². The van der Waals surface area contributed by atoms with Gasteiger partial charge in [-0.15, -0.1) is 0 Å². The van der Waals surface area contributed by atoms with E-state index >= 15 is 0 Å². The van der Waals surface area contributed by atoms with E-state index in [-0.39, 0.29) is 17.5 Å². The van der Waals surface area contributed by atoms with E-state index in [0.29, 0.717) is 5.69 Å². The minimum absolute atomic E-state index is 0.0766. The van der Waals surface area contributed by atoms with Crippen molar-refractivity contribution < 1.29 is 4.79 Å². The minimum atomic E-state index is -0.222. The Labute approximate surface area is 122 Å². The van der Waals surface area contributed by atoms with Crippen LogP contribution in [0.5, 0.6) is 0 Å². The van der Waals surface area contributed by atoms with Crippen LogP contribution in [0.2, 0.25) is 0 Å². The molecule has 0 saturated carbocycles. The maximum atomic E-state index is 12.6. The third-order valence-electron chi connectivity index (χ3n) is 4.07. The van der Waals surface area contributed by atoms with Gasteiger partial charge in [-0.25, -0.2) is 4.68 Å². The van der Waals surface area contributed by atoms with Crippen LogP contribution in [0.15, 0.2) is 41.2 Å². The number of aromatic nitrogens is 2. The van der Waals surface area contributed by atoms with E-state index in [1.54, 1.807) is 19.0 Å². The topological polar surface area (TPSA) is 55.2 Å². The van der Waals surface area contributed by atoms with E-state index in [9.17, 15) is 9.59 Å². The minimum Gasteiger partial charge on any atom is -0.333 e. The summed E-state index contributed by atoms with van der Waals surface area (Å²) < 4.78 is 1.18. The fraction of sp³-hybridized carbons (Fsp3) is 0.312. The molecule has 0 bridgehead atoms. The van der Waals surface area contributed by atoms with Crippen molar-refractivity contribution in [3.63, 3.8) is 0 Å². The van der Waals surface area contributed by atoms with Crippen LogP contribution in [-0.4, -0.2) is 27.6 Å². The van der Waals surface area contributed by atoms with Crippen molar-refractivity contribution in [2.24, 2.45) is 7.05 Å². The summed E-state index contributed by atoms with van der Waals surface area (Å²) in [5.41, 5.74) is 2.58. The number of benzene rings is 1. The highest BCUT2D eigenvalue weighted by atomic mass is 16.2. The summed E-state index contributed by atoms with van der Waals surface area (Å²) in [7, 11) is 3.34. The summed E-state index contributed by atoms with van der Waals surface area (Å²) >= 11 is 0. The fourth-order valence-corrected chi connectivity index (χ4v) is 2.88. The molecule has 0 N–H and O–H groups in total. The standard InChI is InChI=1S/C16H17N3O2/c1-18(14-9-7-11-5-3-4-6-12(11)14)16(21)13-8-10-15(20)19(2)17-13/h3-6,8,10,14H,7,9H2,1-2H3. The summed E-state index contributed by atoms with van der Waals surface area (Å²) in [5, 5.41) is 4.03. The quantitative estimate of drug-likeness (QED) is 0.840. The number of carbonyl (C=O) groups excluding carboxylic acids is 1. The average Bonchev–Trinajstić information content (AvgIpc) is 2.92. The number of aryl methyl sites for hydroxylation is 2. The first-order valence-electron chi connectivity index (χ1n) is 6.97. The molecular formula is C16H17N3O2. The van der Waals surface area contributed by atoms with Gasteiger partial charge in [0.2, 0.25) is 0 Å². The Morgan fingerprint density at radius 1 is 1.29 bits per heavy atom. The lowest BCUT2D eigenvalue weighted by Gasteiger charge is -2.25. The molecule has 3 rings (SSSR count). The molecule has 1 aromatic carbocycles. The van der Waals surface area contributed by atoms with Gasteiger partial charge in [0.15, 0.2) is 0 Å². The van der Waals surface area contributed by atoms with Gasteiger partial charge in [0.1, 0.15) is 5.69 Å². The first-order chi connectivity index (χ1) is 10.1. The zero-order valence-corrected chi connectivity index (χ0v) is 12.1. The Balaban J connectivity index is 1.89. The van der Waals surface area contributed by atoms with Crippen molar-refractivity contribution >= 4 is 5.91 Å². The molecule has 108 valence electrons. The number of amides is 1. The maximum Gasteiger partial charge on any atom is 0.274 e. The van der Waals surface area contributed by atoms with E-state index in [0.717, 1.165) is 12.8 Å². The largest absolute Gasteiger partial charge is 0.333 e. The van der Waals surface area contributed by atoms with Gasteiger partial charge in [-0.05, 0) is 30.0 Å². The van der Waals surface area contributed by atoms with Gasteiger partial charge in [-0.1, -0.05) is 24.3 Å². The molecule has 5 heteroatoms. The van der Waals surface area contributed by atoms with Crippen LogP contribution < -0.4 is 5.56 Å². The molecule has 21 heavy (non-hydrogen) atoms. The number of nitrogens with zero attached hydrogens (tertiary/aromatic N) is 3. The molecule has 0 saturated heterocycles. The lowest BCUT2D eigenvalue weighted by atomic mass is 10.1. The van der Waals surface area contributed by atoms with Crippen LogP contribution in [0.25, 0.3) is 0 Å². The Bertz CT molecular complexity index is 751. The van der Waals surface area contributed by atoms with Gasteiger partial charge in [-0.2, -0.15) is 5.10 Å². The molecule has 1 aliphatic carbocycles. The molecule has 1 aliphatic rings. The Kier molecular flexibility index (Phi) is 3.33. The van der Waals surface area contributed by atoms with Crippen LogP contribution in [-0.2, 0) is 13.5 Å². The smallest absolute Gasteiger partial charge is 0.274 e. The summed E-state index contributed by atoms with van der Waals surface area (Å²) in [6, 6.07) is 11.1. The second-order valence-corrected chi connectivity index (χ2v) is 5.35. The molecule has 1 aromatic heterocycles. The second-order valence-electron chi connectivity index (χ2n) is 5.35. The van der Waals surface area contributed by atoms with Crippen molar-refractivity contribution in [3.05, 3.63) is 63.6 Å². The Morgan fingerprint density at radius 2 is 2.05 bits per heavy atom. The lowest BCUT2D eigenvalue weighted by molar-refractivity contribution is 0.0722. The predicted molar refractivity (Wildman–Crippen MR) is 79.1 cm³/mol. The van der Waals surface area contributed by atoms with Crippen molar-refractivity contribution in [3.8, 4) is 0 Å². The van der Waals surface area contributed by atoms with Gasteiger partial charge in [0, 0.05) is 20.2 Å². The van der Waals surface area contributed by atoms with E-state index in [4.69, 9.17) is 0 Å². The number of hydrogen-bond donors (Lipinski definition) is 0. The fourth-order valence-electron chi connectivity index (χ4n) is 2.88. The first kappa shape index (κ1) is 13.5. The van der Waals surface area contributed by atoms with E-state index < -0.39 is 0 Å². The third kappa shape index (κ3) is 2.35. The van der Waals surface area contributed by atoms with Crippen molar-refractivity contribution in [1.82, 2.24) is 14.7 Å². The maximum absolute atomic E-state index is 12.6. The van der Waals surface area contributed by atoms with Gasteiger partial charge in [-0.3, -0.25) is 9.59 Å². The first-order valence-corrected chi connectivity index (χ1v) is 6.97. The van der Waals surface area contributed by atoms with Crippen LogP contribution in [0.3, 0.4) is 0 Å². The van der Waals surface area contributed by atoms with Gasteiger partial charge < -0.3 is 4.90 Å². The molecule has 0 aliphatic heterocycles. The van der Waals surface area contributed by atoms with Gasteiger partial charge in [0.25, 0.3) is 11.5 Å². The summed E-state index contributed by atoms with van der Waals surface area (Å²) in [4.78, 5) is 25.6. The molecule has 2 aromatic rings. The lowest BCUT2D eigenvalue weighted by Crippen LogP contribution is -2.32. The summed E-state index contributed by atoms with van der Waals surface area (Å²) in [6.45, 7) is 0. The highest BCUT2D eigenvalue weighted by molar-refractivity contribution is 5.92. The van der Waals surface area contributed by atoms with Crippen LogP contribution in [0.1, 0.15) is 34.1 Å². The molecular weight excluding hydrogens is 266 g/mol. The highest BCUT2D eigenvalue weighted by Crippen LogP contribution is 2.35. The predicted octanol–water partition coefficient (Wildman–Crippen LogP) is 1.54. The van der Waals surface area contributed by atoms with Crippen LogP contribution in [0.4, 0.5) is 0 Å². The summed E-state index contributed by atoms with van der Waals surface area (Å²) in [6.07, 6.45) is 1.91. The monoisotopic (exact) mass is 283 g/mol. The number of carbonyl (C=O) groups is 1. The van der Waals surface area contributed by atoms with Crippen LogP contribution in [0, 0.1) is 0 Å². The van der Waals surface area contributed by atoms with Crippen LogP contribution >= 0.6 is 0 Å². The molecule has 0 spiro atoms. The molecule has 1 heterocycles. The zero-order chi connectivity index (χ0) is 15.0. The van der Waals surface area contributed by atoms with Crippen molar-refractivity contribution in [2.75, 3.05) is 7.05 Å². The molecule has 0 fully saturated rings. The number of hydrogen-bond acceptors (Lipinski definition) is 3. The summed E-state index contributed by atoms with van der Waals surface area (Å²) in [5.74, 6) is -0.160. The molecule has 1 atom stereocenters. The Morgan fingerprint density at radius 3 is 2.81 bits per heavy atom.